The number of para-hydroxylation sites is 1. The van der Waals surface area contributed by atoms with Gasteiger partial charge in [0.15, 0.2) is 5.82 Å². The van der Waals surface area contributed by atoms with E-state index in [0.29, 0.717) is 37.4 Å². The number of rotatable bonds is 5. The monoisotopic (exact) mass is 424 g/mol. The Balaban J connectivity index is 1.34. The van der Waals surface area contributed by atoms with E-state index < -0.39 is 17.8 Å². The number of halogens is 1. The molecule has 0 radical (unpaired) electrons. The Bertz CT molecular complexity index is 1080. The van der Waals surface area contributed by atoms with Crippen LogP contribution in [0.4, 0.5) is 32.2 Å². The molecule has 3 aromatic rings. The molecule has 160 valence electrons. The normalized spacial score (nSPS) is 14.3. The summed E-state index contributed by atoms with van der Waals surface area (Å²) >= 11 is 0. The summed E-state index contributed by atoms with van der Waals surface area (Å²) in [6.07, 6.45) is 4.17. The van der Waals surface area contributed by atoms with E-state index in [2.05, 4.69) is 20.7 Å². The Morgan fingerprint density at radius 3 is 2.55 bits per heavy atom. The SMILES string of the molecule is O=C(O)C1CCN(c2ccc(NC(=O)n3ccc(Nc4ccccc4F)n3)cn2)CC1. The van der Waals surface area contributed by atoms with E-state index >= 15 is 0 Å². The van der Waals surface area contributed by atoms with Gasteiger partial charge in [0.2, 0.25) is 0 Å². The Hall–Kier alpha value is -3.95. The number of aromatic nitrogens is 3. The zero-order chi connectivity index (χ0) is 21.8. The molecule has 2 aromatic heterocycles. The summed E-state index contributed by atoms with van der Waals surface area (Å²) in [5.41, 5.74) is 0.758. The van der Waals surface area contributed by atoms with E-state index in [0.717, 1.165) is 10.5 Å². The van der Waals surface area contributed by atoms with Gasteiger partial charge in [-0.2, -0.15) is 4.68 Å². The zero-order valence-corrected chi connectivity index (χ0v) is 16.5. The molecular weight excluding hydrogens is 403 g/mol. The lowest BCUT2D eigenvalue weighted by Gasteiger charge is -2.31. The molecule has 0 bridgehead atoms. The third-order valence-electron chi connectivity index (χ3n) is 5.10. The van der Waals surface area contributed by atoms with Crippen molar-refractivity contribution in [2.24, 2.45) is 5.92 Å². The number of anilines is 4. The largest absolute Gasteiger partial charge is 0.481 e. The van der Waals surface area contributed by atoms with Gasteiger partial charge in [-0.1, -0.05) is 12.1 Å². The molecule has 9 nitrogen and oxygen atoms in total. The van der Waals surface area contributed by atoms with Crippen molar-refractivity contribution in [1.82, 2.24) is 14.8 Å². The number of nitrogens with one attached hydrogen (secondary N) is 2. The number of nitrogens with zero attached hydrogens (tertiary/aromatic N) is 4. The lowest BCUT2D eigenvalue weighted by Crippen LogP contribution is -2.36. The number of aliphatic carboxylic acids is 1. The smallest absolute Gasteiger partial charge is 0.346 e. The molecule has 0 saturated carbocycles. The van der Waals surface area contributed by atoms with Gasteiger partial charge in [-0.3, -0.25) is 4.79 Å². The van der Waals surface area contributed by atoms with Gasteiger partial charge in [-0.05, 0) is 37.1 Å². The van der Waals surface area contributed by atoms with Gasteiger partial charge >= 0.3 is 12.0 Å². The van der Waals surface area contributed by atoms with Crippen LogP contribution in [0.2, 0.25) is 0 Å². The maximum absolute atomic E-state index is 13.7. The lowest BCUT2D eigenvalue weighted by atomic mass is 9.97. The van der Waals surface area contributed by atoms with Gasteiger partial charge < -0.3 is 20.6 Å². The van der Waals surface area contributed by atoms with Crippen molar-refractivity contribution in [2.45, 2.75) is 12.8 Å². The number of piperidine rings is 1. The highest BCUT2D eigenvalue weighted by Crippen LogP contribution is 2.23. The second-order valence-corrected chi connectivity index (χ2v) is 7.19. The Morgan fingerprint density at radius 1 is 1.10 bits per heavy atom. The van der Waals surface area contributed by atoms with Crippen LogP contribution in [-0.4, -0.2) is 45.0 Å². The van der Waals surface area contributed by atoms with Gasteiger partial charge in [-0.15, -0.1) is 5.10 Å². The fourth-order valence-corrected chi connectivity index (χ4v) is 3.39. The van der Waals surface area contributed by atoms with Crippen molar-refractivity contribution in [3.63, 3.8) is 0 Å². The lowest BCUT2D eigenvalue weighted by molar-refractivity contribution is -0.142. The van der Waals surface area contributed by atoms with Crippen LogP contribution in [0, 0.1) is 11.7 Å². The Labute approximate surface area is 177 Å². The van der Waals surface area contributed by atoms with E-state index in [1.807, 2.05) is 4.90 Å². The fourth-order valence-electron chi connectivity index (χ4n) is 3.39. The predicted molar refractivity (Wildman–Crippen MR) is 113 cm³/mol. The molecule has 0 aliphatic carbocycles. The number of carbonyl (C=O) groups excluding carboxylic acids is 1. The number of carbonyl (C=O) groups is 2. The number of benzene rings is 1. The van der Waals surface area contributed by atoms with Crippen molar-refractivity contribution in [3.8, 4) is 0 Å². The van der Waals surface area contributed by atoms with Crippen molar-refractivity contribution < 1.29 is 19.1 Å². The van der Waals surface area contributed by atoms with Crippen LogP contribution in [0.1, 0.15) is 12.8 Å². The first-order valence-corrected chi connectivity index (χ1v) is 9.82. The number of hydrogen-bond acceptors (Lipinski definition) is 6. The topological polar surface area (TPSA) is 112 Å². The van der Waals surface area contributed by atoms with Crippen LogP contribution in [-0.2, 0) is 4.79 Å². The minimum Gasteiger partial charge on any atom is -0.481 e. The second-order valence-electron chi connectivity index (χ2n) is 7.19. The van der Waals surface area contributed by atoms with Gasteiger partial charge in [0, 0.05) is 25.4 Å². The highest BCUT2D eigenvalue weighted by molar-refractivity contribution is 5.90. The third-order valence-corrected chi connectivity index (χ3v) is 5.10. The third kappa shape index (κ3) is 4.80. The van der Waals surface area contributed by atoms with Crippen molar-refractivity contribution in [2.75, 3.05) is 28.6 Å². The summed E-state index contributed by atoms with van der Waals surface area (Å²) < 4.78 is 14.8. The first kappa shape index (κ1) is 20.3. The van der Waals surface area contributed by atoms with Crippen LogP contribution in [0.15, 0.2) is 54.9 Å². The van der Waals surface area contributed by atoms with E-state index in [4.69, 9.17) is 5.11 Å². The molecule has 0 spiro atoms. The van der Waals surface area contributed by atoms with Crippen LogP contribution in [0.25, 0.3) is 0 Å². The zero-order valence-electron chi connectivity index (χ0n) is 16.5. The van der Waals surface area contributed by atoms with Crippen LogP contribution < -0.4 is 15.5 Å². The fraction of sp³-hybridized carbons (Fsp3) is 0.238. The van der Waals surface area contributed by atoms with Gasteiger partial charge in [0.25, 0.3) is 0 Å². The highest BCUT2D eigenvalue weighted by atomic mass is 19.1. The molecule has 3 N–H and O–H groups in total. The average molecular weight is 424 g/mol. The van der Waals surface area contributed by atoms with Crippen LogP contribution in [0.3, 0.4) is 0 Å². The van der Waals surface area contributed by atoms with Crippen molar-refractivity contribution >= 4 is 35.0 Å². The van der Waals surface area contributed by atoms with E-state index in [-0.39, 0.29) is 11.6 Å². The predicted octanol–water partition coefficient (Wildman–Crippen LogP) is 3.54. The molecule has 1 aliphatic heterocycles. The standard InChI is InChI=1S/C21H21FN6O3/c22-16-3-1-2-4-17(16)25-18-9-12-28(26-18)21(31)24-15-5-6-19(23-13-15)27-10-7-14(8-11-27)20(29)30/h1-6,9,12-14H,7-8,10-11H2,(H,24,31)(H,25,26)(H,29,30). The molecule has 1 aliphatic rings. The summed E-state index contributed by atoms with van der Waals surface area (Å²) in [6.45, 7) is 1.25. The maximum atomic E-state index is 13.7. The summed E-state index contributed by atoms with van der Waals surface area (Å²) in [7, 11) is 0. The van der Waals surface area contributed by atoms with Gasteiger partial charge in [0.05, 0.1) is 23.5 Å². The minimum absolute atomic E-state index is 0.264. The van der Waals surface area contributed by atoms with Crippen LogP contribution >= 0.6 is 0 Å². The number of pyridine rings is 1. The Morgan fingerprint density at radius 2 is 1.87 bits per heavy atom. The van der Waals surface area contributed by atoms with Crippen LogP contribution in [0.5, 0.6) is 0 Å². The maximum Gasteiger partial charge on any atom is 0.346 e. The molecule has 31 heavy (non-hydrogen) atoms. The van der Waals surface area contributed by atoms with Gasteiger partial charge in [-0.25, -0.2) is 14.2 Å². The first-order chi connectivity index (χ1) is 15.0. The molecule has 1 amide bonds. The van der Waals surface area contributed by atoms with Crippen molar-refractivity contribution in [1.29, 1.82) is 0 Å². The Kier molecular flexibility index (Phi) is 5.78. The summed E-state index contributed by atoms with van der Waals surface area (Å²) in [5.74, 6) is -0.408. The van der Waals surface area contributed by atoms with E-state index in [1.165, 1.54) is 12.3 Å². The summed E-state index contributed by atoms with van der Waals surface area (Å²) in [5, 5.41) is 18.7. The number of hydrogen-bond donors (Lipinski definition) is 3. The molecule has 4 rings (SSSR count). The number of carboxylic acids is 1. The molecule has 1 aromatic carbocycles. The molecule has 1 saturated heterocycles. The second kappa shape index (κ2) is 8.82. The molecule has 0 atom stereocenters. The number of amides is 1. The van der Waals surface area contributed by atoms with Gasteiger partial charge in [0.1, 0.15) is 11.6 Å². The summed E-state index contributed by atoms with van der Waals surface area (Å²) in [6, 6.07) is 10.8. The van der Waals surface area contributed by atoms with E-state index in [1.54, 1.807) is 42.6 Å². The minimum atomic E-state index is -0.753. The molecule has 1 fully saturated rings. The van der Waals surface area contributed by atoms with E-state index in [9.17, 15) is 14.0 Å². The molecular formula is C21H21FN6O3. The highest BCUT2D eigenvalue weighted by Gasteiger charge is 2.25. The molecule has 0 unspecified atom stereocenters. The quantitative estimate of drug-likeness (QED) is 0.574. The first-order valence-electron chi connectivity index (χ1n) is 9.82. The molecule has 3 heterocycles. The molecule has 10 heteroatoms. The summed E-state index contributed by atoms with van der Waals surface area (Å²) in [4.78, 5) is 29.9. The van der Waals surface area contributed by atoms with Crippen molar-refractivity contribution in [3.05, 3.63) is 60.7 Å². The number of carboxylic acid groups (broad SMARTS) is 1. The average Bonchev–Trinajstić information content (AvgIpc) is 3.25.